The van der Waals surface area contributed by atoms with E-state index in [0.717, 1.165) is 6.54 Å². The number of benzene rings is 2. The zero-order valence-corrected chi connectivity index (χ0v) is 17.3. The standard InChI is InChI=1S/C22H24N2OS2/c1-3-23-17-8-4-6-10-19(17)26-21(23)14-16(2)15-22-24(12-13-25)18-9-5-7-11-20(18)27-22/h4-11,14-15,22,25H,3,12-13H2,1-2H3/b16-15+,21-14-. The third-order valence-corrected chi connectivity index (χ3v) is 7.12. The van der Waals surface area contributed by atoms with Crippen molar-refractivity contribution < 1.29 is 5.11 Å². The van der Waals surface area contributed by atoms with Gasteiger partial charge >= 0.3 is 0 Å². The van der Waals surface area contributed by atoms with Crippen molar-refractivity contribution in [3.05, 3.63) is 71.3 Å². The van der Waals surface area contributed by atoms with Crippen molar-refractivity contribution in [2.24, 2.45) is 0 Å². The van der Waals surface area contributed by atoms with Crippen molar-refractivity contribution in [1.82, 2.24) is 0 Å². The number of hydrogen-bond acceptors (Lipinski definition) is 5. The predicted octanol–water partition coefficient (Wildman–Crippen LogP) is 5.34. The van der Waals surface area contributed by atoms with Crippen LogP contribution in [0, 0.1) is 0 Å². The fourth-order valence-electron chi connectivity index (χ4n) is 3.56. The molecule has 2 heterocycles. The van der Waals surface area contributed by atoms with Crippen LogP contribution >= 0.6 is 23.5 Å². The Bertz CT molecular complexity index is 893. The first kappa shape index (κ1) is 18.5. The van der Waals surface area contributed by atoms with Crippen LogP contribution in [-0.2, 0) is 0 Å². The van der Waals surface area contributed by atoms with Crippen LogP contribution in [0.5, 0.6) is 0 Å². The minimum absolute atomic E-state index is 0.161. The maximum absolute atomic E-state index is 9.51. The summed E-state index contributed by atoms with van der Waals surface area (Å²) < 4.78 is 0. The van der Waals surface area contributed by atoms with E-state index in [1.807, 2.05) is 23.5 Å². The summed E-state index contributed by atoms with van der Waals surface area (Å²) in [4.78, 5) is 7.27. The quantitative estimate of drug-likeness (QED) is 0.736. The number of β-amino-alcohol motifs (C(OH)–C–C–N with tert-alkyl or cyclic N) is 1. The highest BCUT2D eigenvalue weighted by atomic mass is 32.2. The van der Waals surface area contributed by atoms with Crippen LogP contribution in [0.1, 0.15) is 13.8 Å². The fourth-order valence-corrected chi connectivity index (χ4v) is 6.15. The van der Waals surface area contributed by atoms with Gasteiger partial charge in [-0.05, 0) is 55.8 Å². The van der Waals surface area contributed by atoms with Crippen LogP contribution in [-0.4, -0.2) is 30.2 Å². The van der Waals surface area contributed by atoms with Gasteiger partial charge in [-0.2, -0.15) is 0 Å². The van der Waals surface area contributed by atoms with Crippen LogP contribution in [0.25, 0.3) is 0 Å². The van der Waals surface area contributed by atoms with E-state index in [4.69, 9.17) is 0 Å². The van der Waals surface area contributed by atoms with Gasteiger partial charge in [-0.25, -0.2) is 0 Å². The second kappa shape index (κ2) is 8.05. The molecule has 1 unspecified atom stereocenters. The monoisotopic (exact) mass is 396 g/mol. The van der Waals surface area contributed by atoms with Gasteiger partial charge in [-0.1, -0.05) is 47.8 Å². The van der Waals surface area contributed by atoms with Crippen molar-refractivity contribution >= 4 is 34.9 Å². The van der Waals surface area contributed by atoms with E-state index in [1.165, 1.54) is 31.8 Å². The van der Waals surface area contributed by atoms with E-state index in [0.29, 0.717) is 6.54 Å². The maximum atomic E-state index is 9.51. The Morgan fingerprint density at radius 2 is 1.78 bits per heavy atom. The van der Waals surface area contributed by atoms with E-state index in [2.05, 4.69) is 84.3 Å². The molecule has 5 heteroatoms. The Kier molecular flexibility index (Phi) is 5.53. The number of nitrogens with zero attached hydrogens (tertiary/aromatic N) is 2. The van der Waals surface area contributed by atoms with Gasteiger partial charge in [0, 0.05) is 22.9 Å². The highest BCUT2D eigenvalue weighted by Gasteiger charge is 2.28. The molecule has 0 aromatic heterocycles. The topological polar surface area (TPSA) is 26.7 Å². The first-order valence-corrected chi connectivity index (χ1v) is 11.0. The number of anilines is 2. The normalized spacial score (nSPS) is 20.3. The summed E-state index contributed by atoms with van der Waals surface area (Å²) in [6.07, 6.45) is 4.60. The van der Waals surface area contributed by atoms with Crippen LogP contribution in [0.4, 0.5) is 11.4 Å². The lowest BCUT2D eigenvalue weighted by atomic mass is 10.2. The average Bonchev–Trinajstić information content (AvgIpc) is 3.19. The molecule has 2 aliphatic heterocycles. The molecule has 1 atom stereocenters. The fraction of sp³-hybridized carbons (Fsp3) is 0.273. The smallest absolute Gasteiger partial charge is 0.0989 e. The molecule has 4 rings (SSSR count). The van der Waals surface area contributed by atoms with Gasteiger partial charge < -0.3 is 14.9 Å². The summed E-state index contributed by atoms with van der Waals surface area (Å²) in [5.74, 6) is 0. The summed E-state index contributed by atoms with van der Waals surface area (Å²) >= 11 is 3.69. The molecule has 27 heavy (non-hydrogen) atoms. The van der Waals surface area contributed by atoms with Crippen molar-refractivity contribution in [3.8, 4) is 0 Å². The summed E-state index contributed by atoms with van der Waals surface area (Å²) in [6.45, 7) is 6.14. The Morgan fingerprint density at radius 1 is 1.07 bits per heavy atom. The Hall–Kier alpha value is -1.82. The number of para-hydroxylation sites is 2. The molecule has 0 saturated carbocycles. The van der Waals surface area contributed by atoms with Crippen molar-refractivity contribution in [3.63, 3.8) is 0 Å². The number of hydrogen-bond donors (Lipinski definition) is 1. The van der Waals surface area contributed by atoms with Gasteiger partial charge in [0.2, 0.25) is 0 Å². The molecule has 0 bridgehead atoms. The second-order valence-corrected chi connectivity index (χ2v) is 8.82. The lowest BCUT2D eigenvalue weighted by Gasteiger charge is -2.24. The molecule has 2 aliphatic rings. The van der Waals surface area contributed by atoms with Crippen molar-refractivity contribution in [1.29, 1.82) is 0 Å². The van der Waals surface area contributed by atoms with Crippen molar-refractivity contribution in [2.45, 2.75) is 29.0 Å². The van der Waals surface area contributed by atoms with Gasteiger partial charge in [-0.15, -0.1) is 0 Å². The SMILES string of the molecule is CCN1/C(=C/C(C)=C/C2Sc3ccccc3N2CCO)Sc2ccccc21. The summed E-state index contributed by atoms with van der Waals surface area (Å²) in [6, 6.07) is 17.0. The number of fused-ring (bicyclic) bond motifs is 2. The van der Waals surface area contributed by atoms with Gasteiger partial charge in [-0.3, -0.25) is 0 Å². The molecule has 0 amide bonds. The van der Waals surface area contributed by atoms with Crippen molar-refractivity contribution in [2.75, 3.05) is 29.5 Å². The zero-order valence-electron chi connectivity index (χ0n) is 15.6. The molecule has 0 saturated heterocycles. The largest absolute Gasteiger partial charge is 0.395 e. The summed E-state index contributed by atoms with van der Waals surface area (Å²) in [7, 11) is 0. The second-order valence-electron chi connectivity index (χ2n) is 6.60. The molecule has 2 aromatic carbocycles. The highest BCUT2D eigenvalue weighted by molar-refractivity contribution is 8.03. The molecule has 0 radical (unpaired) electrons. The lowest BCUT2D eigenvalue weighted by Crippen LogP contribution is -2.30. The van der Waals surface area contributed by atoms with Gasteiger partial charge in [0.05, 0.1) is 28.4 Å². The molecule has 140 valence electrons. The minimum Gasteiger partial charge on any atom is -0.395 e. The number of allylic oxidation sites excluding steroid dienone is 2. The summed E-state index contributed by atoms with van der Waals surface area (Å²) in [5, 5.41) is 11.0. The first-order chi connectivity index (χ1) is 13.2. The molecule has 1 N–H and O–H groups in total. The molecular weight excluding hydrogens is 372 g/mol. The molecule has 0 spiro atoms. The molecule has 0 aliphatic carbocycles. The van der Waals surface area contributed by atoms with Crippen LogP contribution in [0.3, 0.4) is 0 Å². The number of thioether (sulfide) groups is 2. The van der Waals surface area contributed by atoms with E-state index in [-0.39, 0.29) is 12.0 Å². The van der Waals surface area contributed by atoms with Crippen LogP contribution in [0.15, 0.2) is 81.1 Å². The highest BCUT2D eigenvalue weighted by Crippen LogP contribution is 2.47. The first-order valence-electron chi connectivity index (χ1n) is 9.29. The van der Waals surface area contributed by atoms with E-state index in [1.54, 1.807) is 0 Å². The Labute approximate surface area is 169 Å². The van der Waals surface area contributed by atoms with Gasteiger partial charge in [0.25, 0.3) is 0 Å². The maximum Gasteiger partial charge on any atom is 0.0989 e. The summed E-state index contributed by atoms with van der Waals surface area (Å²) in [5.41, 5.74) is 3.77. The molecule has 0 fully saturated rings. The third-order valence-electron chi connectivity index (χ3n) is 4.78. The van der Waals surface area contributed by atoms with E-state index >= 15 is 0 Å². The van der Waals surface area contributed by atoms with E-state index in [9.17, 15) is 5.11 Å². The van der Waals surface area contributed by atoms with Crippen LogP contribution < -0.4 is 9.80 Å². The Morgan fingerprint density at radius 3 is 2.52 bits per heavy atom. The molecular formula is C22H24N2OS2. The number of rotatable bonds is 5. The predicted molar refractivity (Wildman–Crippen MR) is 118 cm³/mol. The lowest BCUT2D eigenvalue weighted by molar-refractivity contribution is 0.302. The van der Waals surface area contributed by atoms with Gasteiger partial charge in [0.15, 0.2) is 0 Å². The molecule has 2 aromatic rings. The minimum atomic E-state index is 0.161. The van der Waals surface area contributed by atoms with Gasteiger partial charge in [0.1, 0.15) is 0 Å². The molecule has 3 nitrogen and oxygen atoms in total. The third kappa shape index (κ3) is 3.64. The number of aliphatic hydroxyl groups excluding tert-OH is 1. The zero-order chi connectivity index (χ0) is 18.8. The number of aliphatic hydroxyl groups is 1. The van der Waals surface area contributed by atoms with E-state index < -0.39 is 0 Å². The average molecular weight is 397 g/mol. The van der Waals surface area contributed by atoms with Crippen LogP contribution in [0.2, 0.25) is 0 Å². The Balaban J connectivity index is 1.59.